The number of fused-ring (bicyclic) bond motifs is 3. The van der Waals surface area contributed by atoms with Crippen LogP contribution in [0.25, 0.3) is 44.4 Å². The monoisotopic (exact) mass is 882 g/mol. The standard InChI is InChI=1S/C50H58N8O7/c1-25(2)44(56(5)50(62)63)48(60)58-40-20-35(40)22-42(58)46-51-23-37(53-46)29-9-7-28(8-10-29)30-11-12-32-18-33(14-13-31(32)17-30)38-24-52-45(54-38)41-21-34-19-39(34)57(41)47(59)43(55-49(61)64-6)36-15-26(3)65-27(4)16-36/h7-14,17-18,23-27,34-36,39-44H,15-16,19-22H2,1-6H3,(H,51,53)(H,52,54)(H,55,61)(H,62,63)/t26-,27+,34-,35-,36?,39-,40-,41+,42+,43?,44+/m1/s1. The molecule has 11 atom stereocenters. The van der Waals surface area contributed by atoms with Crippen molar-refractivity contribution in [2.24, 2.45) is 23.7 Å². The van der Waals surface area contributed by atoms with Gasteiger partial charge in [-0.25, -0.2) is 19.6 Å². The highest BCUT2D eigenvalue weighted by atomic mass is 16.5. The van der Waals surface area contributed by atoms with Gasteiger partial charge in [0.2, 0.25) is 11.8 Å². The second-order valence-electron chi connectivity index (χ2n) is 19.5. The summed E-state index contributed by atoms with van der Waals surface area (Å²) in [7, 11) is 2.80. The number of carboxylic acid groups (broad SMARTS) is 1. The lowest BCUT2D eigenvalue weighted by Gasteiger charge is -2.38. The van der Waals surface area contributed by atoms with Gasteiger partial charge >= 0.3 is 12.2 Å². The van der Waals surface area contributed by atoms with Crippen LogP contribution in [-0.2, 0) is 19.1 Å². The van der Waals surface area contributed by atoms with E-state index in [-0.39, 0.29) is 60.0 Å². The van der Waals surface area contributed by atoms with Crippen molar-refractivity contribution >= 4 is 34.8 Å². The van der Waals surface area contributed by atoms with Gasteiger partial charge in [0.25, 0.3) is 0 Å². The minimum atomic E-state index is -1.11. The maximum Gasteiger partial charge on any atom is 0.407 e. The first kappa shape index (κ1) is 42.7. The van der Waals surface area contributed by atoms with Crippen molar-refractivity contribution in [1.82, 2.24) is 40.0 Å². The van der Waals surface area contributed by atoms with Crippen LogP contribution >= 0.6 is 0 Å². The number of ether oxygens (including phenoxy) is 2. The molecule has 5 aliphatic rings. The second kappa shape index (κ2) is 16.6. The highest BCUT2D eigenvalue weighted by Gasteiger charge is 2.58. The van der Waals surface area contributed by atoms with Crippen LogP contribution in [0.15, 0.2) is 73.1 Å². The zero-order valence-corrected chi connectivity index (χ0v) is 37.7. The zero-order valence-electron chi connectivity index (χ0n) is 37.7. The maximum absolute atomic E-state index is 14.5. The van der Waals surface area contributed by atoms with Gasteiger partial charge in [-0.15, -0.1) is 0 Å². The summed E-state index contributed by atoms with van der Waals surface area (Å²) in [6, 6.07) is 19.5. The van der Waals surface area contributed by atoms with Gasteiger partial charge in [0.05, 0.1) is 42.8 Å². The molecule has 3 saturated heterocycles. The molecule has 3 aromatic carbocycles. The number of aromatic amines is 2. The van der Waals surface area contributed by atoms with Crippen LogP contribution in [0.1, 0.15) is 90.0 Å². The van der Waals surface area contributed by atoms with Crippen LogP contribution in [0.2, 0.25) is 0 Å². The van der Waals surface area contributed by atoms with E-state index in [1.54, 1.807) is 0 Å². The number of aromatic nitrogens is 4. The molecular weight excluding hydrogens is 825 g/mol. The van der Waals surface area contributed by atoms with Crippen LogP contribution in [0.3, 0.4) is 0 Å². The summed E-state index contributed by atoms with van der Waals surface area (Å²) in [6.07, 6.45) is 6.97. The topological polar surface area (TPSA) is 186 Å². The summed E-state index contributed by atoms with van der Waals surface area (Å²) in [4.78, 5) is 74.6. The first-order valence-electron chi connectivity index (χ1n) is 23.1. The quantitative estimate of drug-likeness (QED) is 0.102. The number of likely N-dealkylation sites (tertiary alicyclic amines) is 2. The molecule has 0 bridgehead atoms. The molecule has 4 amide bonds. The van der Waals surface area contributed by atoms with E-state index in [0.29, 0.717) is 24.7 Å². The van der Waals surface area contributed by atoms with Crippen molar-refractivity contribution in [3.05, 3.63) is 84.7 Å². The molecule has 5 fully saturated rings. The number of piperidine rings is 2. The number of rotatable bonds is 11. The predicted molar refractivity (Wildman–Crippen MR) is 243 cm³/mol. The summed E-state index contributed by atoms with van der Waals surface area (Å²) in [5, 5.41) is 14.8. The lowest BCUT2D eigenvalue weighted by molar-refractivity contribution is -0.140. The van der Waals surface area contributed by atoms with Gasteiger partial charge < -0.3 is 39.7 Å². The number of benzene rings is 3. The molecule has 10 rings (SSSR count). The van der Waals surface area contributed by atoms with Gasteiger partial charge in [-0.05, 0) is 110 Å². The van der Waals surface area contributed by atoms with E-state index in [1.165, 1.54) is 14.2 Å². The lowest BCUT2D eigenvalue weighted by atomic mass is 9.85. The number of carbonyl (C=O) groups is 4. The fraction of sp³-hybridized carbons (Fsp3) is 0.480. The zero-order chi connectivity index (χ0) is 45.4. The highest BCUT2D eigenvalue weighted by Crippen LogP contribution is 2.55. The van der Waals surface area contributed by atoms with Crippen molar-refractivity contribution in [2.75, 3.05) is 14.2 Å². The third-order valence-corrected chi connectivity index (χ3v) is 14.7. The molecule has 2 saturated carbocycles. The summed E-state index contributed by atoms with van der Waals surface area (Å²) < 4.78 is 10.9. The first-order chi connectivity index (χ1) is 31.3. The van der Waals surface area contributed by atoms with E-state index in [0.717, 1.165) is 86.6 Å². The number of imidazole rings is 2. The molecule has 65 heavy (non-hydrogen) atoms. The molecule has 2 aromatic heterocycles. The van der Waals surface area contributed by atoms with Crippen molar-refractivity contribution < 1.29 is 33.8 Å². The Morgan fingerprint density at radius 3 is 1.80 bits per heavy atom. The van der Waals surface area contributed by atoms with E-state index in [1.807, 2.05) is 49.9 Å². The second-order valence-corrected chi connectivity index (χ2v) is 19.5. The first-order valence-corrected chi connectivity index (χ1v) is 23.1. The molecule has 5 heterocycles. The molecular formula is C50H58N8O7. The minimum Gasteiger partial charge on any atom is -0.465 e. The fourth-order valence-corrected chi connectivity index (χ4v) is 11.4. The van der Waals surface area contributed by atoms with Gasteiger partial charge in [0.15, 0.2) is 0 Å². The molecule has 0 spiro atoms. The van der Waals surface area contributed by atoms with Gasteiger partial charge in [-0.1, -0.05) is 62.4 Å². The summed E-state index contributed by atoms with van der Waals surface area (Å²) in [5.41, 5.74) is 5.68. The van der Waals surface area contributed by atoms with Gasteiger partial charge in [0, 0.05) is 42.7 Å². The summed E-state index contributed by atoms with van der Waals surface area (Å²) in [5.74, 6) is 1.84. The molecule has 2 aliphatic carbocycles. The van der Waals surface area contributed by atoms with E-state index in [9.17, 15) is 24.3 Å². The van der Waals surface area contributed by atoms with Crippen LogP contribution < -0.4 is 5.32 Å². The van der Waals surface area contributed by atoms with Crippen molar-refractivity contribution in [1.29, 1.82) is 0 Å². The lowest BCUT2D eigenvalue weighted by Crippen LogP contribution is -2.55. The summed E-state index contributed by atoms with van der Waals surface area (Å²) in [6.45, 7) is 7.80. The van der Waals surface area contributed by atoms with Crippen molar-refractivity contribution in [3.63, 3.8) is 0 Å². The Kier molecular flexibility index (Phi) is 10.9. The van der Waals surface area contributed by atoms with Crippen molar-refractivity contribution in [2.45, 2.75) is 115 Å². The van der Waals surface area contributed by atoms with Crippen LogP contribution in [0.4, 0.5) is 9.59 Å². The third kappa shape index (κ3) is 8.01. The maximum atomic E-state index is 14.5. The Hall–Kier alpha value is -6.22. The number of alkyl carbamates (subject to hydrolysis) is 1. The fourth-order valence-electron chi connectivity index (χ4n) is 11.4. The van der Waals surface area contributed by atoms with Crippen LogP contribution in [0.5, 0.6) is 0 Å². The Morgan fingerprint density at radius 1 is 0.738 bits per heavy atom. The number of amides is 4. The number of H-pyrrole nitrogens is 2. The third-order valence-electron chi connectivity index (χ3n) is 14.7. The molecule has 15 nitrogen and oxygen atoms in total. The highest BCUT2D eigenvalue weighted by molar-refractivity contribution is 5.91. The number of hydrogen-bond donors (Lipinski definition) is 4. The number of hydrogen-bond acceptors (Lipinski definition) is 8. The van der Waals surface area contributed by atoms with Crippen molar-refractivity contribution in [3.8, 4) is 33.6 Å². The largest absolute Gasteiger partial charge is 0.465 e. The van der Waals surface area contributed by atoms with E-state index in [4.69, 9.17) is 19.4 Å². The van der Waals surface area contributed by atoms with Gasteiger partial charge in [-0.3, -0.25) is 14.5 Å². The van der Waals surface area contributed by atoms with E-state index < -0.39 is 24.3 Å². The number of carbonyl (C=O) groups excluding carboxylic acids is 3. The Labute approximate surface area is 378 Å². The Balaban J connectivity index is 0.825. The average Bonchev–Trinajstić information content (AvgIpc) is 3.87. The number of nitrogens with zero attached hydrogens (tertiary/aromatic N) is 5. The van der Waals surface area contributed by atoms with E-state index in [2.05, 4.69) is 75.9 Å². The molecule has 5 aromatic rings. The van der Waals surface area contributed by atoms with Gasteiger partial charge in [0.1, 0.15) is 23.7 Å². The Morgan fingerprint density at radius 2 is 1.25 bits per heavy atom. The minimum absolute atomic E-state index is 0.0130. The Bertz CT molecular complexity index is 2630. The smallest absolute Gasteiger partial charge is 0.407 e. The van der Waals surface area contributed by atoms with E-state index >= 15 is 0 Å². The number of methoxy groups -OCH3 is 1. The summed E-state index contributed by atoms with van der Waals surface area (Å²) >= 11 is 0. The molecule has 340 valence electrons. The molecule has 15 heteroatoms. The molecule has 4 N–H and O–H groups in total. The number of likely N-dealkylation sites (N-methyl/N-ethyl adjacent to an activating group) is 1. The molecule has 2 unspecified atom stereocenters. The number of nitrogens with one attached hydrogen (secondary N) is 3. The predicted octanol–water partition coefficient (Wildman–Crippen LogP) is 8.17. The molecule has 3 aliphatic heterocycles. The van der Waals surface area contributed by atoms with Gasteiger partial charge in [-0.2, -0.15) is 0 Å². The van der Waals surface area contributed by atoms with Crippen LogP contribution in [-0.4, -0.2) is 114 Å². The molecule has 0 radical (unpaired) electrons. The normalized spacial score (nSPS) is 27.5. The van der Waals surface area contributed by atoms with Crippen LogP contribution in [0, 0.1) is 23.7 Å². The SMILES string of the molecule is COC(=O)NC(C(=O)N1[C@@H]2C[C@@H]2C[C@H]1c1nc(-c2ccc3cc(-c4ccc(-c5c[nH]c([C@@H]6C[C@H]7C[C@H]7N6C(=O)[C@H](C(C)C)N(C)C(=O)O)n5)cc4)ccc3c2)c[nH]1)C1C[C@@H](C)O[C@@H](C)C1. The average molecular weight is 883 g/mol.